The van der Waals surface area contributed by atoms with Crippen molar-refractivity contribution in [2.75, 3.05) is 20.3 Å². The summed E-state index contributed by atoms with van der Waals surface area (Å²) in [5, 5.41) is 11.7. The highest BCUT2D eigenvalue weighted by molar-refractivity contribution is 5.94. The zero-order chi connectivity index (χ0) is 14.4. The number of nitrogens with one attached hydrogen (secondary N) is 1. The standard InChI is InChI=1S/C16H19NO3/c1-20-15-8-7-14(10-13(15)4-2-3-9-18)16(19)17-11-12-5-6-12/h7-8,10,12,18H,3,5-6,9,11H2,1H3,(H,17,19). The average molecular weight is 273 g/mol. The SMILES string of the molecule is COc1ccc(C(=O)NCC2CC2)cc1C#CCCO. The zero-order valence-corrected chi connectivity index (χ0v) is 11.6. The van der Waals surface area contributed by atoms with Crippen LogP contribution in [0.4, 0.5) is 0 Å². The van der Waals surface area contributed by atoms with Gasteiger partial charge in [0.05, 0.1) is 19.3 Å². The predicted octanol–water partition coefficient (Wildman–Crippen LogP) is 1.57. The Bertz CT molecular complexity index is 538. The Hall–Kier alpha value is -1.99. The largest absolute Gasteiger partial charge is 0.495 e. The third-order valence-corrected chi connectivity index (χ3v) is 3.17. The smallest absolute Gasteiger partial charge is 0.251 e. The number of hydrogen-bond donors (Lipinski definition) is 2. The number of amides is 1. The normalized spacial score (nSPS) is 13.3. The van der Waals surface area contributed by atoms with Crippen molar-refractivity contribution in [1.29, 1.82) is 0 Å². The molecule has 1 aliphatic rings. The number of rotatable bonds is 5. The van der Waals surface area contributed by atoms with Gasteiger partial charge in [-0.25, -0.2) is 0 Å². The summed E-state index contributed by atoms with van der Waals surface area (Å²) in [6, 6.07) is 5.21. The first kappa shape index (κ1) is 14.4. The van der Waals surface area contributed by atoms with Crippen LogP contribution in [0.5, 0.6) is 5.75 Å². The minimum absolute atomic E-state index is 0.0247. The van der Waals surface area contributed by atoms with Gasteiger partial charge in [0.2, 0.25) is 0 Å². The molecule has 106 valence electrons. The summed E-state index contributed by atoms with van der Waals surface area (Å²) >= 11 is 0. The Balaban J connectivity index is 2.11. The molecule has 4 nitrogen and oxygen atoms in total. The summed E-state index contributed by atoms with van der Waals surface area (Å²) in [7, 11) is 1.57. The van der Waals surface area contributed by atoms with E-state index < -0.39 is 0 Å². The zero-order valence-electron chi connectivity index (χ0n) is 11.6. The van der Waals surface area contributed by atoms with E-state index in [4.69, 9.17) is 9.84 Å². The molecule has 0 spiro atoms. The van der Waals surface area contributed by atoms with Gasteiger partial charge in [-0.05, 0) is 37.0 Å². The van der Waals surface area contributed by atoms with Crippen molar-refractivity contribution in [3.05, 3.63) is 29.3 Å². The lowest BCUT2D eigenvalue weighted by atomic mass is 10.1. The molecular weight excluding hydrogens is 254 g/mol. The third-order valence-electron chi connectivity index (χ3n) is 3.17. The highest BCUT2D eigenvalue weighted by atomic mass is 16.5. The Morgan fingerprint density at radius 2 is 2.30 bits per heavy atom. The molecule has 2 rings (SSSR count). The van der Waals surface area contributed by atoms with Crippen LogP contribution in [0.25, 0.3) is 0 Å². The molecule has 2 N–H and O–H groups in total. The number of carbonyl (C=O) groups excluding carboxylic acids is 1. The molecule has 1 amide bonds. The van der Waals surface area contributed by atoms with Gasteiger partial charge in [0.15, 0.2) is 0 Å². The van der Waals surface area contributed by atoms with Gasteiger partial charge in [-0.3, -0.25) is 4.79 Å². The van der Waals surface area contributed by atoms with Crippen LogP contribution in [0, 0.1) is 17.8 Å². The molecule has 1 fully saturated rings. The minimum atomic E-state index is -0.0789. The number of carbonyl (C=O) groups is 1. The summed E-state index contributed by atoms with van der Waals surface area (Å²) in [6.07, 6.45) is 2.82. The molecule has 0 unspecified atom stereocenters. The molecule has 0 bridgehead atoms. The first-order valence-corrected chi connectivity index (χ1v) is 6.80. The maximum atomic E-state index is 12.0. The van der Waals surface area contributed by atoms with E-state index in [1.807, 2.05) is 0 Å². The van der Waals surface area contributed by atoms with Gasteiger partial charge >= 0.3 is 0 Å². The van der Waals surface area contributed by atoms with Gasteiger partial charge in [-0.1, -0.05) is 11.8 Å². The van der Waals surface area contributed by atoms with E-state index in [1.54, 1.807) is 25.3 Å². The van der Waals surface area contributed by atoms with Crippen molar-refractivity contribution in [1.82, 2.24) is 5.32 Å². The van der Waals surface area contributed by atoms with E-state index in [-0.39, 0.29) is 12.5 Å². The fourth-order valence-electron chi connectivity index (χ4n) is 1.82. The second kappa shape index (κ2) is 6.97. The molecule has 20 heavy (non-hydrogen) atoms. The molecule has 0 aromatic heterocycles. The summed E-state index contributed by atoms with van der Waals surface area (Å²) in [4.78, 5) is 12.0. The van der Waals surface area contributed by atoms with E-state index in [9.17, 15) is 4.79 Å². The Morgan fingerprint density at radius 3 is 2.95 bits per heavy atom. The fraction of sp³-hybridized carbons (Fsp3) is 0.438. The molecule has 1 aliphatic carbocycles. The van der Waals surface area contributed by atoms with Crippen molar-refractivity contribution in [2.45, 2.75) is 19.3 Å². The van der Waals surface area contributed by atoms with Gasteiger partial charge in [0.25, 0.3) is 5.91 Å². The molecule has 0 radical (unpaired) electrons. The van der Waals surface area contributed by atoms with E-state index in [0.29, 0.717) is 29.2 Å². The molecule has 1 aromatic rings. The van der Waals surface area contributed by atoms with Crippen LogP contribution < -0.4 is 10.1 Å². The molecule has 0 atom stereocenters. The number of hydrogen-bond acceptors (Lipinski definition) is 3. The topological polar surface area (TPSA) is 58.6 Å². The minimum Gasteiger partial charge on any atom is -0.495 e. The first-order valence-electron chi connectivity index (χ1n) is 6.80. The summed E-state index contributed by atoms with van der Waals surface area (Å²) in [6.45, 7) is 0.771. The second-order valence-corrected chi connectivity index (χ2v) is 4.84. The molecule has 1 aromatic carbocycles. The van der Waals surface area contributed by atoms with E-state index in [0.717, 1.165) is 6.54 Å². The van der Waals surface area contributed by atoms with Gasteiger partial charge in [0.1, 0.15) is 5.75 Å². The monoisotopic (exact) mass is 273 g/mol. The molecule has 1 saturated carbocycles. The van der Waals surface area contributed by atoms with Crippen LogP contribution in [0.2, 0.25) is 0 Å². The van der Waals surface area contributed by atoms with Crippen molar-refractivity contribution in [3.63, 3.8) is 0 Å². The number of ether oxygens (including phenoxy) is 1. The molecular formula is C16H19NO3. The second-order valence-electron chi connectivity index (χ2n) is 4.84. The number of methoxy groups -OCH3 is 1. The highest BCUT2D eigenvalue weighted by Gasteiger charge is 2.22. The summed E-state index contributed by atoms with van der Waals surface area (Å²) in [5.41, 5.74) is 1.25. The molecule has 4 heteroatoms. The van der Waals surface area contributed by atoms with Gasteiger partial charge < -0.3 is 15.2 Å². The summed E-state index contributed by atoms with van der Waals surface area (Å²) < 4.78 is 5.22. The van der Waals surface area contributed by atoms with Gasteiger partial charge in [-0.2, -0.15) is 0 Å². The van der Waals surface area contributed by atoms with Crippen LogP contribution >= 0.6 is 0 Å². The van der Waals surface area contributed by atoms with Crippen LogP contribution in [0.15, 0.2) is 18.2 Å². The van der Waals surface area contributed by atoms with E-state index in [2.05, 4.69) is 17.2 Å². The lowest BCUT2D eigenvalue weighted by Crippen LogP contribution is -2.25. The Kier molecular flexibility index (Phi) is 5.03. The van der Waals surface area contributed by atoms with Gasteiger partial charge in [-0.15, -0.1) is 0 Å². The fourth-order valence-corrected chi connectivity index (χ4v) is 1.82. The number of benzene rings is 1. The molecule has 0 saturated heterocycles. The van der Waals surface area contributed by atoms with Crippen molar-refractivity contribution < 1.29 is 14.6 Å². The molecule has 0 heterocycles. The lowest BCUT2D eigenvalue weighted by molar-refractivity contribution is 0.0951. The number of aliphatic hydroxyl groups excluding tert-OH is 1. The Labute approximate surface area is 119 Å². The van der Waals surface area contributed by atoms with Crippen LogP contribution in [0.1, 0.15) is 35.2 Å². The van der Waals surface area contributed by atoms with E-state index >= 15 is 0 Å². The third kappa shape index (κ3) is 4.01. The maximum absolute atomic E-state index is 12.0. The van der Waals surface area contributed by atoms with Gasteiger partial charge in [0, 0.05) is 18.5 Å². The van der Waals surface area contributed by atoms with E-state index in [1.165, 1.54) is 12.8 Å². The van der Waals surface area contributed by atoms with Crippen LogP contribution in [-0.2, 0) is 0 Å². The predicted molar refractivity (Wildman–Crippen MR) is 76.6 cm³/mol. The Morgan fingerprint density at radius 1 is 1.50 bits per heavy atom. The molecule has 0 aliphatic heterocycles. The van der Waals surface area contributed by atoms with Crippen molar-refractivity contribution >= 4 is 5.91 Å². The highest BCUT2D eigenvalue weighted by Crippen LogP contribution is 2.27. The van der Waals surface area contributed by atoms with Crippen LogP contribution in [-0.4, -0.2) is 31.3 Å². The van der Waals surface area contributed by atoms with Crippen molar-refractivity contribution in [2.24, 2.45) is 5.92 Å². The van der Waals surface area contributed by atoms with Crippen molar-refractivity contribution in [3.8, 4) is 17.6 Å². The average Bonchev–Trinajstić information content (AvgIpc) is 3.29. The lowest BCUT2D eigenvalue weighted by Gasteiger charge is -2.07. The number of aliphatic hydroxyl groups is 1. The first-order chi connectivity index (χ1) is 9.74. The maximum Gasteiger partial charge on any atom is 0.251 e. The quantitative estimate of drug-likeness (QED) is 0.801. The summed E-state index contributed by atoms with van der Waals surface area (Å²) in [5.74, 6) is 6.97. The van der Waals surface area contributed by atoms with Crippen LogP contribution in [0.3, 0.4) is 0 Å².